The van der Waals surface area contributed by atoms with E-state index in [1.807, 2.05) is 62.4 Å². The molecule has 4 amide bonds. The minimum atomic E-state index is -1.22. The lowest BCUT2D eigenvalue weighted by Crippen LogP contribution is -2.48. The zero-order valence-corrected chi connectivity index (χ0v) is 33.2. The second kappa shape index (κ2) is 13.1. The van der Waals surface area contributed by atoms with Gasteiger partial charge in [0.2, 0.25) is 23.6 Å². The number of carbonyl (C=O) groups is 4. The van der Waals surface area contributed by atoms with E-state index in [0.29, 0.717) is 41.9 Å². The molecule has 11 nitrogen and oxygen atoms in total. The molecular formula is C44H40ClN5O6S. The van der Waals surface area contributed by atoms with Gasteiger partial charge in [-0.1, -0.05) is 35.4 Å². The molecule has 6 atom stereocenters. The van der Waals surface area contributed by atoms with Crippen molar-refractivity contribution in [1.82, 2.24) is 9.78 Å². The molecular weight excluding hydrogens is 762 g/mol. The maximum absolute atomic E-state index is 15.1. The van der Waals surface area contributed by atoms with Crippen molar-refractivity contribution in [3.05, 3.63) is 101 Å². The second-order valence-electron chi connectivity index (χ2n) is 16.1. The number of aromatic hydroxyl groups is 1. The summed E-state index contributed by atoms with van der Waals surface area (Å²) in [7, 11) is 1.73. The van der Waals surface area contributed by atoms with Gasteiger partial charge in [-0.15, -0.1) is 11.3 Å². The van der Waals surface area contributed by atoms with Crippen molar-refractivity contribution >= 4 is 73.8 Å². The summed E-state index contributed by atoms with van der Waals surface area (Å²) in [5.41, 5.74) is 3.61. The lowest BCUT2D eigenvalue weighted by molar-refractivity contribution is -0.131. The number of anilines is 3. The van der Waals surface area contributed by atoms with Crippen molar-refractivity contribution in [2.75, 3.05) is 41.0 Å². The Morgan fingerprint density at radius 1 is 0.877 bits per heavy atom. The number of carbonyl (C=O) groups excluding carboxylic acids is 4. The van der Waals surface area contributed by atoms with Crippen LogP contribution in [0.5, 0.6) is 5.75 Å². The van der Waals surface area contributed by atoms with Gasteiger partial charge >= 0.3 is 0 Å². The first-order valence-corrected chi connectivity index (χ1v) is 20.6. The number of thiophene rings is 1. The Morgan fingerprint density at radius 2 is 1.60 bits per heavy atom. The molecule has 6 unspecified atom stereocenters. The third-order valence-corrected chi connectivity index (χ3v) is 14.7. The molecule has 290 valence electrons. The summed E-state index contributed by atoms with van der Waals surface area (Å²) in [6.45, 7) is 6.71. The summed E-state index contributed by atoms with van der Waals surface area (Å²) >= 11 is 7.91. The Labute approximate surface area is 338 Å². The van der Waals surface area contributed by atoms with Crippen LogP contribution in [0.2, 0.25) is 5.02 Å². The number of fused-ring (bicyclic) bond motifs is 5. The van der Waals surface area contributed by atoms with Gasteiger partial charge in [0.25, 0.3) is 0 Å². The molecule has 3 aliphatic heterocycles. The number of hydrogen-bond acceptors (Lipinski definition) is 9. The molecule has 57 heavy (non-hydrogen) atoms. The molecule has 0 bridgehead atoms. The highest BCUT2D eigenvalue weighted by Crippen LogP contribution is 2.64. The predicted molar refractivity (Wildman–Crippen MR) is 218 cm³/mol. The Morgan fingerprint density at radius 3 is 2.33 bits per heavy atom. The van der Waals surface area contributed by atoms with Gasteiger partial charge in [-0.25, -0.2) is 4.90 Å². The van der Waals surface area contributed by atoms with Gasteiger partial charge in [0.1, 0.15) is 17.3 Å². The molecule has 1 N–H and O–H groups in total. The normalized spacial score (nSPS) is 27.3. The molecule has 5 aromatic rings. The number of amides is 4. The predicted octanol–water partition coefficient (Wildman–Crippen LogP) is 7.24. The maximum Gasteiger partial charge on any atom is 0.242 e. The van der Waals surface area contributed by atoms with Gasteiger partial charge in [-0.3, -0.25) is 28.8 Å². The van der Waals surface area contributed by atoms with Crippen molar-refractivity contribution in [2.45, 2.75) is 32.6 Å². The van der Waals surface area contributed by atoms with Crippen molar-refractivity contribution in [2.24, 2.45) is 36.1 Å². The summed E-state index contributed by atoms with van der Waals surface area (Å²) in [6, 6.07) is 21.9. The van der Waals surface area contributed by atoms with Crippen molar-refractivity contribution < 1.29 is 29.0 Å². The van der Waals surface area contributed by atoms with Crippen LogP contribution in [0, 0.1) is 36.0 Å². The highest BCUT2D eigenvalue weighted by molar-refractivity contribution is 7.22. The van der Waals surface area contributed by atoms with E-state index in [1.165, 1.54) is 9.80 Å². The number of phenols is 1. The summed E-state index contributed by atoms with van der Waals surface area (Å²) in [5.74, 6) is -3.89. The number of ether oxygens (including phenoxy) is 1. The fraction of sp³-hybridized carbons (Fsp3) is 0.341. The Bertz CT molecular complexity index is 2560. The zero-order chi connectivity index (χ0) is 39.5. The molecule has 0 spiro atoms. The first-order valence-electron chi connectivity index (χ1n) is 19.4. The number of nitrogens with zero attached hydrogens (tertiary/aromatic N) is 5. The summed E-state index contributed by atoms with van der Waals surface area (Å²) in [5, 5.41) is 16.8. The zero-order valence-electron chi connectivity index (χ0n) is 31.6. The number of hydrogen-bond donors (Lipinski definition) is 1. The van der Waals surface area contributed by atoms with Gasteiger partial charge in [0, 0.05) is 47.5 Å². The van der Waals surface area contributed by atoms with Crippen molar-refractivity contribution in [1.29, 1.82) is 0 Å². The Hall–Kier alpha value is -5.30. The molecule has 2 aliphatic carbocycles. The number of allylic oxidation sites excluding steroid dienone is 2. The summed E-state index contributed by atoms with van der Waals surface area (Å²) in [4.78, 5) is 64.6. The molecule has 5 heterocycles. The fourth-order valence-corrected chi connectivity index (χ4v) is 11.7. The van der Waals surface area contributed by atoms with Gasteiger partial charge in [-0.05, 0) is 104 Å². The van der Waals surface area contributed by atoms with Gasteiger partial charge in [0.05, 0.1) is 46.9 Å². The molecule has 13 heteroatoms. The average molecular weight is 802 g/mol. The minimum absolute atomic E-state index is 0.0778. The first kappa shape index (κ1) is 36.1. The number of aromatic nitrogens is 2. The summed E-state index contributed by atoms with van der Waals surface area (Å²) < 4.78 is 8.14. The van der Waals surface area contributed by atoms with E-state index in [0.717, 1.165) is 50.4 Å². The van der Waals surface area contributed by atoms with Gasteiger partial charge < -0.3 is 14.7 Å². The number of phenolic OH excluding ortho intramolecular Hbond substituents is 1. The van der Waals surface area contributed by atoms with E-state index in [-0.39, 0.29) is 35.8 Å². The van der Waals surface area contributed by atoms with Crippen LogP contribution in [-0.4, -0.2) is 64.8 Å². The Kier molecular flexibility index (Phi) is 8.30. The molecule has 3 saturated heterocycles. The molecule has 3 aromatic carbocycles. The summed E-state index contributed by atoms with van der Waals surface area (Å²) in [6.07, 6.45) is 2.62. The van der Waals surface area contributed by atoms with E-state index in [4.69, 9.17) is 21.4 Å². The average Bonchev–Trinajstić information content (AvgIpc) is 3.89. The van der Waals surface area contributed by atoms with Crippen LogP contribution in [0.3, 0.4) is 0 Å². The largest absolute Gasteiger partial charge is 0.508 e. The van der Waals surface area contributed by atoms with Crippen LogP contribution in [0.4, 0.5) is 17.2 Å². The van der Waals surface area contributed by atoms with Crippen LogP contribution in [0.15, 0.2) is 84.4 Å². The van der Waals surface area contributed by atoms with E-state index < -0.39 is 35.0 Å². The van der Waals surface area contributed by atoms with Crippen LogP contribution in [0.1, 0.15) is 36.8 Å². The maximum atomic E-state index is 15.1. The highest BCUT2D eigenvalue weighted by atomic mass is 35.5. The number of morpholine rings is 1. The van der Waals surface area contributed by atoms with Gasteiger partial charge in [0.15, 0.2) is 0 Å². The lowest BCUT2D eigenvalue weighted by Gasteiger charge is -2.49. The van der Waals surface area contributed by atoms with Crippen LogP contribution in [-0.2, 0) is 31.0 Å². The van der Waals surface area contributed by atoms with Crippen molar-refractivity contribution in [3.63, 3.8) is 0 Å². The molecule has 4 fully saturated rings. The smallest absolute Gasteiger partial charge is 0.242 e. The monoisotopic (exact) mass is 801 g/mol. The van der Waals surface area contributed by atoms with Crippen LogP contribution >= 0.6 is 22.9 Å². The van der Waals surface area contributed by atoms with E-state index in [9.17, 15) is 19.5 Å². The van der Waals surface area contributed by atoms with Crippen LogP contribution in [0.25, 0.3) is 20.7 Å². The van der Waals surface area contributed by atoms with Gasteiger partial charge in [-0.2, -0.15) is 5.10 Å². The standard InChI is InChI=1S/C44H40ClN5O6S/c1-23-31-20-25(45)6-15-35(31)57-39(23)34-22-36(47(3)46-34)50-41(53)33-21-32-29(38(44(33,2)43(50)55)24-4-11-28(51)12-5-24)13-14-30-37(32)42(54)49(40(30)52)27-9-7-26(8-10-27)48-16-18-56-19-17-48/h4-13,15,20,22,30,32-33,37-38,51H,14,16-19,21H2,1-3H3. The fourth-order valence-electron chi connectivity index (χ4n) is 10.4. The van der Waals surface area contributed by atoms with E-state index in [2.05, 4.69) is 4.90 Å². The number of aryl methyl sites for hydroxylation is 2. The first-order chi connectivity index (χ1) is 27.4. The minimum Gasteiger partial charge on any atom is -0.508 e. The van der Waals surface area contributed by atoms with Crippen molar-refractivity contribution in [3.8, 4) is 16.3 Å². The second-order valence-corrected chi connectivity index (χ2v) is 17.6. The molecule has 5 aliphatic rings. The highest BCUT2D eigenvalue weighted by Gasteiger charge is 2.68. The molecule has 2 aromatic heterocycles. The number of imide groups is 2. The number of halogens is 1. The van der Waals surface area contributed by atoms with E-state index >= 15 is 4.79 Å². The molecule has 10 rings (SSSR count). The topological polar surface area (TPSA) is 125 Å². The van der Waals surface area contributed by atoms with Crippen LogP contribution < -0.4 is 14.7 Å². The third-order valence-electron chi connectivity index (χ3n) is 13.2. The lowest BCUT2D eigenvalue weighted by atomic mass is 9.51. The number of benzene rings is 3. The number of rotatable bonds is 5. The SMILES string of the molecule is Cc1c(-c2cc(N3C(=O)C4CC5C(=CCC6C(=O)N(c7ccc(N8CCOCC8)cc7)C(=O)C65)C(c5ccc(O)cc5)C4(C)C3=O)n(C)n2)sc2ccc(Cl)cc12. The third kappa shape index (κ3) is 5.29. The molecule has 1 saturated carbocycles. The molecule has 0 radical (unpaired) electrons. The van der Waals surface area contributed by atoms with E-state index in [1.54, 1.807) is 53.4 Å². The quantitative estimate of drug-likeness (QED) is 0.146. The Balaban J connectivity index is 1.02.